The average molecular weight is 341 g/mol. The number of pyridine rings is 1. The van der Waals surface area contributed by atoms with Gasteiger partial charge in [0.15, 0.2) is 0 Å². The summed E-state index contributed by atoms with van der Waals surface area (Å²) in [4.78, 5) is 20.6. The highest BCUT2D eigenvalue weighted by atomic mass is 32.1. The van der Waals surface area contributed by atoms with Crippen LogP contribution in [0, 0.1) is 12.7 Å². The number of rotatable bonds is 5. The normalized spacial score (nSPS) is 10.6. The van der Waals surface area contributed by atoms with Gasteiger partial charge in [0.05, 0.1) is 10.7 Å². The van der Waals surface area contributed by atoms with Crippen molar-refractivity contribution in [3.63, 3.8) is 0 Å². The molecule has 2 aromatic heterocycles. The second kappa shape index (κ2) is 7.31. The van der Waals surface area contributed by atoms with Gasteiger partial charge in [-0.15, -0.1) is 11.3 Å². The minimum atomic E-state index is -0.266. The SMILES string of the molecule is Cc1cc(NC(=O)CCc2nc(-c3ccc(F)cc3)cs2)ccn1. The molecule has 4 nitrogen and oxygen atoms in total. The summed E-state index contributed by atoms with van der Waals surface area (Å²) in [6, 6.07) is 9.82. The summed E-state index contributed by atoms with van der Waals surface area (Å²) < 4.78 is 13.0. The van der Waals surface area contributed by atoms with E-state index in [0.717, 1.165) is 27.6 Å². The molecule has 0 unspecified atom stereocenters. The Morgan fingerprint density at radius 2 is 2.04 bits per heavy atom. The molecule has 0 bridgehead atoms. The van der Waals surface area contributed by atoms with E-state index in [-0.39, 0.29) is 11.7 Å². The maximum absolute atomic E-state index is 13.0. The van der Waals surface area contributed by atoms with Gasteiger partial charge in [0, 0.05) is 41.4 Å². The van der Waals surface area contributed by atoms with Gasteiger partial charge in [-0.2, -0.15) is 0 Å². The minimum Gasteiger partial charge on any atom is -0.326 e. The summed E-state index contributed by atoms with van der Waals surface area (Å²) in [5.41, 5.74) is 3.28. The highest BCUT2D eigenvalue weighted by Gasteiger charge is 2.08. The van der Waals surface area contributed by atoms with Crippen LogP contribution in [-0.2, 0) is 11.2 Å². The molecule has 2 heterocycles. The number of hydrogen-bond acceptors (Lipinski definition) is 4. The van der Waals surface area contributed by atoms with E-state index < -0.39 is 0 Å². The Labute approximate surface area is 143 Å². The van der Waals surface area contributed by atoms with Crippen LogP contribution < -0.4 is 5.32 Å². The van der Waals surface area contributed by atoms with Crippen molar-refractivity contribution < 1.29 is 9.18 Å². The molecular formula is C18H16FN3OS. The first-order valence-electron chi connectivity index (χ1n) is 7.53. The van der Waals surface area contributed by atoms with Gasteiger partial charge in [0.2, 0.25) is 5.91 Å². The molecule has 3 aromatic rings. The van der Waals surface area contributed by atoms with Gasteiger partial charge < -0.3 is 5.32 Å². The molecule has 1 N–H and O–H groups in total. The lowest BCUT2D eigenvalue weighted by Crippen LogP contribution is -2.12. The molecule has 24 heavy (non-hydrogen) atoms. The molecule has 0 aliphatic carbocycles. The minimum absolute atomic E-state index is 0.0564. The fraction of sp³-hybridized carbons (Fsp3) is 0.167. The van der Waals surface area contributed by atoms with Crippen LogP contribution in [0.2, 0.25) is 0 Å². The molecule has 0 saturated heterocycles. The van der Waals surface area contributed by atoms with Crippen LogP contribution in [-0.4, -0.2) is 15.9 Å². The molecule has 1 amide bonds. The van der Waals surface area contributed by atoms with Crippen LogP contribution >= 0.6 is 11.3 Å². The Balaban J connectivity index is 1.57. The highest BCUT2D eigenvalue weighted by molar-refractivity contribution is 7.09. The second-order valence-electron chi connectivity index (χ2n) is 5.37. The molecular weight excluding hydrogens is 325 g/mol. The van der Waals surface area contributed by atoms with Gasteiger partial charge in [-0.3, -0.25) is 9.78 Å². The lowest BCUT2D eigenvalue weighted by molar-refractivity contribution is -0.116. The Hall–Kier alpha value is -2.60. The van der Waals surface area contributed by atoms with Crippen LogP contribution in [0.5, 0.6) is 0 Å². The molecule has 0 aliphatic rings. The lowest BCUT2D eigenvalue weighted by Gasteiger charge is -2.04. The predicted octanol–water partition coefficient (Wildman–Crippen LogP) is 4.22. The molecule has 1 aromatic carbocycles. The Morgan fingerprint density at radius 1 is 1.25 bits per heavy atom. The van der Waals surface area contributed by atoms with Crippen molar-refractivity contribution in [1.29, 1.82) is 0 Å². The number of thiazole rings is 1. The number of aryl methyl sites for hydroxylation is 2. The zero-order valence-corrected chi connectivity index (χ0v) is 13.9. The summed E-state index contributed by atoms with van der Waals surface area (Å²) >= 11 is 1.50. The number of aromatic nitrogens is 2. The Bertz CT molecular complexity index is 845. The molecule has 0 radical (unpaired) electrons. The zero-order chi connectivity index (χ0) is 16.9. The standard InChI is InChI=1S/C18H16FN3OS/c1-12-10-15(8-9-20-12)21-17(23)6-7-18-22-16(11-24-18)13-2-4-14(19)5-3-13/h2-5,8-11H,6-7H2,1H3,(H,20,21,23). The van der Waals surface area contributed by atoms with Crippen molar-refractivity contribution in [2.24, 2.45) is 0 Å². The first-order valence-corrected chi connectivity index (χ1v) is 8.41. The van der Waals surface area contributed by atoms with Crippen LogP contribution in [0.15, 0.2) is 48.0 Å². The highest BCUT2D eigenvalue weighted by Crippen LogP contribution is 2.23. The van der Waals surface area contributed by atoms with E-state index in [4.69, 9.17) is 0 Å². The number of nitrogens with zero attached hydrogens (tertiary/aromatic N) is 2. The number of anilines is 1. The van der Waals surface area contributed by atoms with Crippen molar-refractivity contribution in [3.05, 3.63) is 64.5 Å². The third-order valence-electron chi connectivity index (χ3n) is 3.44. The van der Waals surface area contributed by atoms with Gasteiger partial charge in [-0.25, -0.2) is 9.37 Å². The van der Waals surface area contributed by atoms with Gasteiger partial charge in [-0.05, 0) is 43.3 Å². The smallest absolute Gasteiger partial charge is 0.224 e. The molecule has 0 atom stereocenters. The molecule has 3 rings (SSSR count). The number of carbonyl (C=O) groups excluding carboxylic acids is 1. The van der Waals surface area contributed by atoms with Crippen molar-refractivity contribution in [2.75, 3.05) is 5.32 Å². The van der Waals surface area contributed by atoms with Crippen LogP contribution in [0.25, 0.3) is 11.3 Å². The topological polar surface area (TPSA) is 54.9 Å². The molecule has 0 saturated carbocycles. The maximum atomic E-state index is 13.0. The molecule has 6 heteroatoms. The van der Waals surface area contributed by atoms with Crippen molar-refractivity contribution >= 4 is 22.9 Å². The van der Waals surface area contributed by atoms with Gasteiger partial charge in [0.25, 0.3) is 0 Å². The quantitative estimate of drug-likeness (QED) is 0.756. The summed E-state index contributed by atoms with van der Waals surface area (Å²) in [5.74, 6) is -0.323. The molecule has 0 fully saturated rings. The Kier molecular flexibility index (Phi) is 4.96. The maximum Gasteiger partial charge on any atom is 0.224 e. The van der Waals surface area contributed by atoms with E-state index in [2.05, 4.69) is 15.3 Å². The summed E-state index contributed by atoms with van der Waals surface area (Å²) in [7, 11) is 0. The molecule has 0 aliphatic heterocycles. The fourth-order valence-electron chi connectivity index (χ4n) is 2.25. The van der Waals surface area contributed by atoms with Gasteiger partial charge in [0.1, 0.15) is 5.82 Å². The molecule has 122 valence electrons. The first-order chi connectivity index (χ1) is 11.6. The monoisotopic (exact) mass is 341 g/mol. The van der Waals surface area contributed by atoms with E-state index in [1.165, 1.54) is 23.5 Å². The van der Waals surface area contributed by atoms with Crippen LogP contribution in [0.4, 0.5) is 10.1 Å². The summed E-state index contributed by atoms with van der Waals surface area (Å²) in [6.07, 6.45) is 2.60. The third kappa shape index (κ3) is 4.23. The van der Waals surface area contributed by atoms with E-state index in [1.807, 2.05) is 18.4 Å². The Morgan fingerprint density at radius 3 is 2.79 bits per heavy atom. The lowest BCUT2D eigenvalue weighted by atomic mass is 10.2. The number of carbonyl (C=O) groups is 1. The van der Waals surface area contributed by atoms with Crippen molar-refractivity contribution in [2.45, 2.75) is 19.8 Å². The summed E-state index contributed by atoms with van der Waals surface area (Å²) in [5, 5.41) is 5.66. The first kappa shape index (κ1) is 16.3. The molecule has 0 spiro atoms. The van der Waals surface area contributed by atoms with Crippen LogP contribution in [0.3, 0.4) is 0 Å². The fourth-order valence-corrected chi connectivity index (χ4v) is 3.05. The number of halogens is 1. The van der Waals surface area contributed by atoms with E-state index in [1.54, 1.807) is 24.4 Å². The van der Waals surface area contributed by atoms with E-state index >= 15 is 0 Å². The van der Waals surface area contributed by atoms with Crippen molar-refractivity contribution in [1.82, 2.24) is 9.97 Å². The average Bonchev–Trinajstić information content (AvgIpc) is 3.03. The van der Waals surface area contributed by atoms with Gasteiger partial charge >= 0.3 is 0 Å². The second-order valence-corrected chi connectivity index (χ2v) is 6.31. The number of nitrogens with one attached hydrogen (secondary N) is 1. The third-order valence-corrected chi connectivity index (χ3v) is 4.35. The van der Waals surface area contributed by atoms with Gasteiger partial charge in [-0.1, -0.05) is 0 Å². The van der Waals surface area contributed by atoms with E-state index in [9.17, 15) is 9.18 Å². The largest absolute Gasteiger partial charge is 0.326 e. The summed E-state index contributed by atoms with van der Waals surface area (Å²) in [6.45, 7) is 1.88. The van der Waals surface area contributed by atoms with Crippen LogP contribution in [0.1, 0.15) is 17.1 Å². The zero-order valence-electron chi connectivity index (χ0n) is 13.1. The van der Waals surface area contributed by atoms with Crippen molar-refractivity contribution in [3.8, 4) is 11.3 Å². The predicted molar refractivity (Wildman–Crippen MR) is 93.4 cm³/mol. The number of amides is 1. The van der Waals surface area contributed by atoms with E-state index in [0.29, 0.717) is 12.8 Å². The number of benzene rings is 1. The number of hydrogen-bond donors (Lipinski definition) is 1.